The SMILES string of the molecule is COC(=O)NCCCc1cc(OC)cc(CN(C2CC2)C(C)(OC)[C@H]2CNCCO2)n1. The first kappa shape index (κ1) is 23.7. The monoisotopic (exact) mass is 436 g/mol. The van der Waals surface area contributed by atoms with Crippen LogP contribution in [0.1, 0.15) is 37.6 Å². The minimum Gasteiger partial charge on any atom is -0.497 e. The number of hydrogen-bond acceptors (Lipinski definition) is 8. The van der Waals surface area contributed by atoms with Gasteiger partial charge in [0.1, 0.15) is 17.6 Å². The highest BCUT2D eigenvalue weighted by Crippen LogP contribution is 2.37. The molecule has 1 aromatic rings. The number of aryl methyl sites for hydroxylation is 1. The molecule has 0 radical (unpaired) electrons. The number of nitrogens with one attached hydrogen (secondary N) is 2. The molecule has 0 spiro atoms. The smallest absolute Gasteiger partial charge is 0.406 e. The highest BCUT2D eigenvalue weighted by atomic mass is 16.6. The topological polar surface area (TPSA) is 94.2 Å². The zero-order chi connectivity index (χ0) is 22.3. The maximum Gasteiger partial charge on any atom is 0.406 e. The van der Waals surface area contributed by atoms with Crippen molar-refractivity contribution < 1.29 is 23.7 Å². The molecule has 2 aliphatic rings. The van der Waals surface area contributed by atoms with Crippen molar-refractivity contribution in [2.75, 3.05) is 47.6 Å². The lowest BCUT2D eigenvalue weighted by Crippen LogP contribution is -2.62. The Hall–Kier alpha value is -1.94. The molecule has 9 heteroatoms. The first-order chi connectivity index (χ1) is 15.0. The van der Waals surface area contributed by atoms with E-state index in [-0.39, 0.29) is 6.10 Å². The Balaban J connectivity index is 1.72. The Morgan fingerprint density at radius 1 is 1.32 bits per heavy atom. The van der Waals surface area contributed by atoms with Crippen LogP contribution in [0, 0.1) is 0 Å². The number of rotatable bonds is 11. The molecule has 9 nitrogen and oxygen atoms in total. The van der Waals surface area contributed by atoms with Gasteiger partial charge in [-0.3, -0.25) is 9.88 Å². The van der Waals surface area contributed by atoms with Gasteiger partial charge in [0.15, 0.2) is 0 Å². The van der Waals surface area contributed by atoms with Gasteiger partial charge in [-0.15, -0.1) is 0 Å². The van der Waals surface area contributed by atoms with Crippen molar-refractivity contribution in [1.82, 2.24) is 20.5 Å². The molecule has 1 aliphatic carbocycles. The lowest BCUT2D eigenvalue weighted by Gasteiger charge is -2.46. The molecule has 1 aliphatic heterocycles. The third-order valence-corrected chi connectivity index (χ3v) is 6.03. The van der Waals surface area contributed by atoms with E-state index in [1.807, 2.05) is 12.1 Å². The van der Waals surface area contributed by atoms with E-state index in [1.165, 1.54) is 7.11 Å². The van der Waals surface area contributed by atoms with Crippen LogP contribution in [0.25, 0.3) is 0 Å². The normalized spacial score (nSPS) is 20.9. The van der Waals surface area contributed by atoms with Crippen molar-refractivity contribution in [1.29, 1.82) is 0 Å². The number of aromatic nitrogens is 1. The zero-order valence-corrected chi connectivity index (χ0v) is 19.1. The van der Waals surface area contributed by atoms with Gasteiger partial charge in [-0.25, -0.2) is 4.79 Å². The summed E-state index contributed by atoms with van der Waals surface area (Å²) in [6.45, 7) is 5.61. The fraction of sp³-hybridized carbons (Fsp3) is 0.727. The van der Waals surface area contributed by atoms with Crippen LogP contribution in [-0.2, 0) is 27.2 Å². The van der Waals surface area contributed by atoms with Gasteiger partial charge in [0.25, 0.3) is 0 Å². The van der Waals surface area contributed by atoms with E-state index >= 15 is 0 Å². The number of ether oxygens (including phenoxy) is 4. The summed E-state index contributed by atoms with van der Waals surface area (Å²) in [4.78, 5) is 18.5. The van der Waals surface area contributed by atoms with Crippen molar-refractivity contribution in [3.8, 4) is 5.75 Å². The molecule has 0 aromatic carbocycles. The molecule has 174 valence electrons. The number of methoxy groups -OCH3 is 3. The Bertz CT molecular complexity index is 724. The minimum atomic E-state index is -0.552. The molecule has 1 saturated carbocycles. The highest BCUT2D eigenvalue weighted by Gasteiger charge is 2.47. The van der Waals surface area contributed by atoms with E-state index in [0.717, 1.165) is 55.9 Å². The summed E-state index contributed by atoms with van der Waals surface area (Å²) < 4.78 is 22.3. The van der Waals surface area contributed by atoms with Gasteiger partial charge in [0.2, 0.25) is 0 Å². The van der Waals surface area contributed by atoms with Crippen LogP contribution in [0.3, 0.4) is 0 Å². The van der Waals surface area contributed by atoms with Crippen LogP contribution in [0.2, 0.25) is 0 Å². The number of pyridine rings is 1. The Morgan fingerprint density at radius 3 is 2.71 bits per heavy atom. The van der Waals surface area contributed by atoms with Gasteiger partial charge in [0, 0.05) is 57.2 Å². The first-order valence-corrected chi connectivity index (χ1v) is 11.0. The number of carbonyl (C=O) groups excluding carboxylic acids is 1. The van der Waals surface area contributed by atoms with Crippen LogP contribution >= 0.6 is 0 Å². The van der Waals surface area contributed by atoms with E-state index in [0.29, 0.717) is 25.7 Å². The molecular weight excluding hydrogens is 400 g/mol. The second-order valence-corrected chi connectivity index (χ2v) is 8.19. The zero-order valence-electron chi connectivity index (χ0n) is 19.1. The van der Waals surface area contributed by atoms with E-state index in [1.54, 1.807) is 14.2 Å². The number of morpholine rings is 1. The van der Waals surface area contributed by atoms with Crippen LogP contribution in [-0.4, -0.2) is 81.4 Å². The maximum absolute atomic E-state index is 11.2. The lowest BCUT2D eigenvalue weighted by molar-refractivity contribution is -0.214. The van der Waals surface area contributed by atoms with Crippen molar-refractivity contribution in [2.45, 2.75) is 57.0 Å². The predicted molar refractivity (Wildman–Crippen MR) is 116 cm³/mol. The Kier molecular flexibility index (Phi) is 8.48. The summed E-state index contributed by atoms with van der Waals surface area (Å²) in [6.07, 6.45) is 3.32. The van der Waals surface area contributed by atoms with Gasteiger partial charge < -0.3 is 29.6 Å². The molecule has 0 bridgehead atoms. The largest absolute Gasteiger partial charge is 0.497 e. The molecule has 1 aromatic heterocycles. The van der Waals surface area contributed by atoms with E-state index in [2.05, 4.69) is 27.2 Å². The fourth-order valence-electron chi connectivity index (χ4n) is 4.03. The third kappa shape index (κ3) is 6.29. The first-order valence-electron chi connectivity index (χ1n) is 11.0. The molecular formula is C22H36N4O5. The van der Waals surface area contributed by atoms with Crippen LogP contribution < -0.4 is 15.4 Å². The Labute approximate surface area is 184 Å². The van der Waals surface area contributed by atoms with Crippen LogP contribution in [0.5, 0.6) is 5.75 Å². The second-order valence-electron chi connectivity index (χ2n) is 8.19. The van der Waals surface area contributed by atoms with Gasteiger partial charge >= 0.3 is 6.09 Å². The van der Waals surface area contributed by atoms with Crippen molar-refractivity contribution >= 4 is 6.09 Å². The van der Waals surface area contributed by atoms with Gasteiger partial charge in [0.05, 0.1) is 26.5 Å². The third-order valence-electron chi connectivity index (χ3n) is 6.03. The van der Waals surface area contributed by atoms with Gasteiger partial charge in [-0.05, 0) is 32.6 Å². The molecule has 1 saturated heterocycles. The number of carbonyl (C=O) groups is 1. The average molecular weight is 437 g/mol. The minimum absolute atomic E-state index is 0.0543. The molecule has 2 N–H and O–H groups in total. The van der Waals surface area contributed by atoms with Crippen LogP contribution in [0.15, 0.2) is 12.1 Å². The maximum atomic E-state index is 11.2. The van der Waals surface area contributed by atoms with Crippen molar-refractivity contribution in [2.24, 2.45) is 0 Å². The van der Waals surface area contributed by atoms with Crippen LogP contribution in [0.4, 0.5) is 4.79 Å². The number of alkyl carbamates (subject to hydrolysis) is 1. The summed E-state index contributed by atoms with van der Waals surface area (Å²) in [5.74, 6) is 0.784. The van der Waals surface area contributed by atoms with E-state index in [9.17, 15) is 4.79 Å². The van der Waals surface area contributed by atoms with Gasteiger partial charge in [-0.2, -0.15) is 0 Å². The summed E-state index contributed by atoms with van der Waals surface area (Å²) >= 11 is 0. The summed E-state index contributed by atoms with van der Waals surface area (Å²) in [5.41, 5.74) is 1.32. The van der Waals surface area contributed by atoms with Crippen molar-refractivity contribution in [3.05, 3.63) is 23.5 Å². The molecule has 31 heavy (non-hydrogen) atoms. The molecule has 1 unspecified atom stereocenters. The standard InChI is InChI=1S/C22H36N4O5/c1-22(30-4,20-14-23-10-11-31-20)26(18-7-8-18)15-17-13-19(28-2)12-16(25-17)6-5-9-24-21(27)29-3/h12-13,18,20,23H,5-11,14-15H2,1-4H3,(H,24,27)/t20-,22?/m1/s1. The second kappa shape index (κ2) is 11.1. The molecule has 3 rings (SSSR count). The summed E-state index contributed by atoms with van der Waals surface area (Å²) in [6, 6.07) is 4.39. The number of nitrogens with zero attached hydrogens (tertiary/aromatic N) is 2. The average Bonchev–Trinajstić information content (AvgIpc) is 3.65. The molecule has 2 heterocycles. The quantitative estimate of drug-likeness (QED) is 0.400. The lowest BCUT2D eigenvalue weighted by atomic mass is 10.0. The van der Waals surface area contributed by atoms with Crippen molar-refractivity contribution in [3.63, 3.8) is 0 Å². The van der Waals surface area contributed by atoms with E-state index in [4.69, 9.17) is 19.2 Å². The molecule has 1 amide bonds. The van der Waals surface area contributed by atoms with Gasteiger partial charge in [-0.1, -0.05) is 0 Å². The predicted octanol–water partition coefficient (Wildman–Crippen LogP) is 1.69. The Morgan fingerprint density at radius 2 is 2.10 bits per heavy atom. The summed E-state index contributed by atoms with van der Waals surface area (Å²) in [5, 5.41) is 6.12. The molecule has 2 fully saturated rings. The highest BCUT2D eigenvalue weighted by molar-refractivity contribution is 5.66. The fourth-order valence-corrected chi connectivity index (χ4v) is 4.03. The number of hydrogen-bond donors (Lipinski definition) is 2. The summed E-state index contributed by atoms with van der Waals surface area (Å²) in [7, 11) is 4.78. The van der Waals surface area contributed by atoms with E-state index < -0.39 is 11.8 Å². The molecule has 2 atom stereocenters. The number of amides is 1.